The van der Waals surface area contributed by atoms with Gasteiger partial charge in [0.05, 0.1) is 13.2 Å². The summed E-state index contributed by atoms with van der Waals surface area (Å²) in [7, 11) is 0. The number of morpholine rings is 1. The van der Waals surface area contributed by atoms with E-state index in [2.05, 4.69) is 22.5 Å². The van der Waals surface area contributed by atoms with Crippen molar-refractivity contribution in [1.82, 2.24) is 10.2 Å². The van der Waals surface area contributed by atoms with Crippen molar-refractivity contribution in [1.29, 1.82) is 0 Å². The predicted octanol–water partition coefficient (Wildman–Crippen LogP) is 3.58. The van der Waals surface area contributed by atoms with Gasteiger partial charge in [0.1, 0.15) is 5.82 Å². The largest absolute Gasteiger partial charge is 0.379 e. The average molecular weight is 371 g/mol. The zero-order chi connectivity index (χ0) is 19.1. The van der Waals surface area contributed by atoms with Crippen LogP contribution in [-0.4, -0.2) is 43.8 Å². The number of ether oxygens (including phenoxy) is 1. The summed E-state index contributed by atoms with van der Waals surface area (Å²) in [5, 5.41) is 5.66. The standard InChI is InChI=1S/C21H26FN3O2/c1-16(25-12-14-27-15-13-25)18-4-8-20(9-5-18)24-21(26)23-11-10-17-2-6-19(22)7-3-17/h2-9,16H,10-15H2,1H3,(H2,23,24,26). The zero-order valence-electron chi connectivity index (χ0n) is 15.6. The number of amides is 2. The number of hydrogen-bond acceptors (Lipinski definition) is 3. The Kier molecular flexibility index (Phi) is 6.79. The molecule has 0 bridgehead atoms. The molecule has 0 aliphatic carbocycles. The third-order valence-electron chi connectivity index (χ3n) is 4.86. The van der Waals surface area contributed by atoms with Crippen LogP contribution in [0.3, 0.4) is 0 Å². The molecule has 3 rings (SSSR count). The van der Waals surface area contributed by atoms with E-state index in [0.717, 1.165) is 37.6 Å². The van der Waals surface area contributed by atoms with E-state index in [1.807, 2.05) is 24.3 Å². The summed E-state index contributed by atoms with van der Waals surface area (Å²) >= 11 is 0. The average Bonchev–Trinajstić information content (AvgIpc) is 2.70. The molecular formula is C21H26FN3O2. The molecule has 2 aromatic rings. The number of anilines is 1. The van der Waals surface area contributed by atoms with Gasteiger partial charge in [0.2, 0.25) is 0 Å². The van der Waals surface area contributed by atoms with Gasteiger partial charge in [0.25, 0.3) is 0 Å². The molecule has 1 heterocycles. The van der Waals surface area contributed by atoms with Crippen LogP contribution < -0.4 is 10.6 Å². The van der Waals surface area contributed by atoms with E-state index in [1.54, 1.807) is 12.1 Å². The Labute approximate surface area is 159 Å². The lowest BCUT2D eigenvalue weighted by atomic mass is 10.1. The molecule has 0 saturated carbocycles. The van der Waals surface area contributed by atoms with Gasteiger partial charge < -0.3 is 15.4 Å². The minimum Gasteiger partial charge on any atom is -0.379 e. The molecular weight excluding hydrogens is 345 g/mol. The Morgan fingerprint density at radius 1 is 1.11 bits per heavy atom. The molecule has 1 atom stereocenters. The van der Waals surface area contributed by atoms with Gasteiger partial charge >= 0.3 is 6.03 Å². The van der Waals surface area contributed by atoms with Gasteiger partial charge in [-0.25, -0.2) is 9.18 Å². The molecule has 2 N–H and O–H groups in total. The lowest BCUT2D eigenvalue weighted by Crippen LogP contribution is -2.38. The number of carbonyl (C=O) groups is 1. The van der Waals surface area contributed by atoms with Gasteiger partial charge in [-0.3, -0.25) is 4.90 Å². The molecule has 0 aromatic heterocycles. The number of rotatable bonds is 6. The van der Waals surface area contributed by atoms with Crippen molar-refractivity contribution in [3.8, 4) is 0 Å². The number of benzene rings is 2. The third-order valence-corrected chi connectivity index (χ3v) is 4.86. The first-order chi connectivity index (χ1) is 13.1. The van der Waals surface area contributed by atoms with E-state index < -0.39 is 0 Å². The first kappa shape index (κ1) is 19.3. The van der Waals surface area contributed by atoms with E-state index in [1.165, 1.54) is 17.7 Å². The van der Waals surface area contributed by atoms with Gasteiger partial charge in [-0.1, -0.05) is 24.3 Å². The van der Waals surface area contributed by atoms with Crippen LogP contribution in [0, 0.1) is 5.82 Å². The lowest BCUT2D eigenvalue weighted by molar-refractivity contribution is 0.0198. The van der Waals surface area contributed by atoms with Crippen LogP contribution in [0.5, 0.6) is 0 Å². The van der Waals surface area contributed by atoms with Crippen molar-refractivity contribution >= 4 is 11.7 Å². The normalized spacial score (nSPS) is 15.9. The highest BCUT2D eigenvalue weighted by Crippen LogP contribution is 2.22. The fourth-order valence-corrected chi connectivity index (χ4v) is 3.17. The summed E-state index contributed by atoms with van der Waals surface area (Å²) in [4.78, 5) is 14.4. The Bertz CT molecular complexity index is 728. The fourth-order valence-electron chi connectivity index (χ4n) is 3.17. The predicted molar refractivity (Wildman–Crippen MR) is 104 cm³/mol. The zero-order valence-corrected chi connectivity index (χ0v) is 15.6. The van der Waals surface area contributed by atoms with E-state index >= 15 is 0 Å². The van der Waals surface area contributed by atoms with E-state index in [4.69, 9.17) is 4.74 Å². The van der Waals surface area contributed by atoms with Crippen molar-refractivity contribution in [2.24, 2.45) is 0 Å². The summed E-state index contributed by atoms with van der Waals surface area (Å²) in [6, 6.07) is 14.3. The summed E-state index contributed by atoms with van der Waals surface area (Å²) in [5.41, 5.74) is 2.96. The summed E-state index contributed by atoms with van der Waals surface area (Å²) in [6.07, 6.45) is 0.656. The maximum absolute atomic E-state index is 12.9. The Morgan fingerprint density at radius 2 is 1.78 bits per heavy atom. The number of carbonyl (C=O) groups excluding carboxylic acids is 1. The van der Waals surface area contributed by atoms with Gasteiger partial charge in [-0.15, -0.1) is 0 Å². The topological polar surface area (TPSA) is 53.6 Å². The van der Waals surface area contributed by atoms with Gasteiger partial charge in [0, 0.05) is 31.4 Å². The van der Waals surface area contributed by atoms with E-state index in [9.17, 15) is 9.18 Å². The quantitative estimate of drug-likeness (QED) is 0.816. The highest BCUT2D eigenvalue weighted by atomic mass is 19.1. The second-order valence-corrected chi connectivity index (χ2v) is 6.70. The second-order valence-electron chi connectivity index (χ2n) is 6.70. The Morgan fingerprint density at radius 3 is 2.44 bits per heavy atom. The third kappa shape index (κ3) is 5.77. The second kappa shape index (κ2) is 9.48. The fraction of sp³-hybridized carbons (Fsp3) is 0.381. The number of nitrogens with one attached hydrogen (secondary N) is 2. The van der Waals surface area contributed by atoms with Crippen LogP contribution in [0.4, 0.5) is 14.9 Å². The molecule has 6 heteroatoms. The molecule has 1 unspecified atom stereocenters. The van der Waals surface area contributed by atoms with E-state index in [-0.39, 0.29) is 11.8 Å². The summed E-state index contributed by atoms with van der Waals surface area (Å²) < 4.78 is 18.3. The van der Waals surface area contributed by atoms with Crippen molar-refractivity contribution in [2.75, 3.05) is 38.2 Å². The monoisotopic (exact) mass is 371 g/mol. The molecule has 2 amide bonds. The van der Waals surface area contributed by atoms with Gasteiger partial charge in [-0.2, -0.15) is 0 Å². The van der Waals surface area contributed by atoms with Crippen LogP contribution in [0.1, 0.15) is 24.1 Å². The molecule has 0 spiro atoms. The molecule has 0 radical (unpaired) electrons. The Balaban J connectivity index is 1.44. The van der Waals surface area contributed by atoms with Crippen LogP contribution in [0.2, 0.25) is 0 Å². The molecule has 1 aliphatic heterocycles. The van der Waals surface area contributed by atoms with Crippen molar-refractivity contribution in [3.63, 3.8) is 0 Å². The molecule has 144 valence electrons. The van der Waals surface area contributed by atoms with Crippen molar-refractivity contribution in [3.05, 3.63) is 65.5 Å². The molecule has 1 aliphatic rings. The summed E-state index contributed by atoms with van der Waals surface area (Å²) in [5.74, 6) is -0.254. The van der Waals surface area contributed by atoms with Gasteiger partial charge in [0.15, 0.2) is 0 Å². The first-order valence-corrected chi connectivity index (χ1v) is 9.33. The van der Waals surface area contributed by atoms with Crippen molar-refractivity contribution in [2.45, 2.75) is 19.4 Å². The molecule has 27 heavy (non-hydrogen) atoms. The van der Waals surface area contributed by atoms with Crippen LogP contribution in [-0.2, 0) is 11.2 Å². The molecule has 1 fully saturated rings. The minimum atomic E-state index is -0.254. The van der Waals surface area contributed by atoms with Crippen LogP contribution in [0.15, 0.2) is 48.5 Å². The van der Waals surface area contributed by atoms with Crippen LogP contribution >= 0.6 is 0 Å². The van der Waals surface area contributed by atoms with Gasteiger partial charge in [-0.05, 0) is 48.7 Å². The van der Waals surface area contributed by atoms with E-state index in [0.29, 0.717) is 19.0 Å². The molecule has 5 nitrogen and oxygen atoms in total. The Hall–Kier alpha value is -2.44. The maximum Gasteiger partial charge on any atom is 0.319 e. The number of urea groups is 1. The first-order valence-electron chi connectivity index (χ1n) is 9.33. The highest BCUT2D eigenvalue weighted by molar-refractivity contribution is 5.89. The molecule has 2 aromatic carbocycles. The molecule has 1 saturated heterocycles. The van der Waals surface area contributed by atoms with Crippen molar-refractivity contribution < 1.29 is 13.9 Å². The minimum absolute atomic E-state index is 0.244. The highest BCUT2D eigenvalue weighted by Gasteiger charge is 2.18. The maximum atomic E-state index is 12.9. The summed E-state index contributed by atoms with van der Waals surface area (Å²) in [6.45, 7) is 6.12. The number of nitrogens with zero attached hydrogens (tertiary/aromatic N) is 1. The van der Waals surface area contributed by atoms with Crippen LogP contribution in [0.25, 0.3) is 0 Å². The number of hydrogen-bond donors (Lipinski definition) is 2. The smallest absolute Gasteiger partial charge is 0.319 e. The SMILES string of the molecule is CC(c1ccc(NC(=O)NCCc2ccc(F)cc2)cc1)N1CCOCC1. The number of halogens is 1. The lowest BCUT2D eigenvalue weighted by Gasteiger charge is -2.32.